The summed E-state index contributed by atoms with van der Waals surface area (Å²) in [5.74, 6) is 1.24. The first-order valence-corrected chi connectivity index (χ1v) is 12.4. The molecule has 2 nitrogen and oxygen atoms in total. The topological polar surface area (TPSA) is 18.5 Å². The zero-order chi connectivity index (χ0) is 21.3. The first-order chi connectivity index (χ1) is 14.6. The van der Waals surface area contributed by atoms with Crippen molar-refractivity contribution >= 4 is 0 Å². The van der Waals surface area contributed by atoms with E-state index >= 15 is 0 Å². The second-order valence-corrected chi connectivity index (χ2v) is 9.49. The van der Waals surface area contributed by atoms with Gasteiger partial charge in [0.25, 0.3) is 0 Å². The Bertz CT molecular complexity index is 632. The maximum atomic E-state index is 14.2. The van der Waals surface area contributed by atoms with Crippen molar-refractivity contribution in [2.45, 2.75) is 90.9 Å². The second-order valence-electron chi connectivity index (χ2n) is 9.49. The van der Waals surface area contributed by atoms with Gasteiger partial charge in [0, 0.05) is 0 Å². The van der Waals surface area contributed by atoms with Crippen LogP contribution in [0.2, 0.25) is 0 Å². The summed E-state index contributed by atoms with van der Waals surface area (Å²) in [6.45, 7) is 4.81. The van der Waals surface area contributed by atoms with Gasteiger partial charge in [0.15, 0.2) is 11.5 Å². The van der Waals surface area contributed by atoms with Crippen LogP contribution in [0.25, 0.3) is 0 Å². The molecule has 2 aliphatic carbocycles. The number of benzene rings is 1. The molecule has 170 valence electrons. The summed E-state index contributed by atoms with van der Waals surface area (Å²) in [6.07, 6.45) is 16.1. The standard InChI is InChI=1S/C26H40F2O2/c1-3-5-6-7-19-8-12-21(13-9-19)22-14-10-20(11-15-22)18-30-24-17-16-23(29-4-2)25(27)26(24)28/h16-17,19-22H,3-15,18H2,1-2H3/t19-,20-,21-,22-. The molecule has 0 N–H and O–H groups in total. The minimum absolute atomic E-state index is 0.000489. The van der Waals surface area contributed by atoms with Crippen molar-refractivity contribution < 1.29 is 18.3 Å². The third-order valence-electron chi connectivity index (χ3n) is 7.45. The number of halogens is 2. The highest BCUT2D eigenvalue weighted by atomic mass is 19.2. The molecule has 0 bridgehead atoms. The van der Waals surface area contributed by atoms with Gasteiger partial charge in [-0.1, -0.05) is 45.4 Å². The van der Waals surface area contributed by atoms with Gasteiger partial charge >= 0.3 is 0 Å². The molecule has 1 aromatic rings. The molecule has 0 atom stereocenters. The van der Waals surface area contributed by atoms with E-state index in [2.05, 4.69) is 6.92 Å². The monoisotopic (exact) mass is 422 g/mol. The largest absolute Gasteiger partial charge is 0.491 e. The molecule has 0 unspecified atom stereocenters. The summed E-state index contributed by atoms with van der Waals surface area (Å²) in [4.78, 5) is 0. The molecule has 0 amide bonds. The number of hydrogen-bond donors (Lipinski definition) is 0. The minimum Gasteiger partial charge on any atom is -0.491 e. The molecule has 30 heavy (non-hydrogen) atoms. The number of hydrogen-bond acceptors (Lipinski definition) is 2. The maximum Gasteiger partial charge on any atom is 0.204 e. The summed E-state index contributed by atoms with van der Waals surface area (Å²) in [6, 6.07) is 2.93. The van der Waals surface area contributed by atoms with Crippen molar-refractivity contribution in [3.8, 4) is 11.5 Å². The van der Waals surface area contributed by atoms with Crippen LogP contribution in [0.4, 0.5) is 8.78 Å². The molecule has 0 aromatic heterocycles. The Balaban J connectivity index is 1.38. The third kappa shape index (κ3) is 6.34. The van der Waals surface area contributed by atoms with Crippen LogP contribution in [0.1, 0.15) is 90.9 Å². The van der Waals surface area contributed by atoms with Gasteiger partial charge in [0.2, 0.25) is 11.6 Å². The first-order valence-electron chi connectivity index (χ1n) is 12.4. The van der Waals surface area contributed by atoms with Crippen molar-refractivity contribution in [3.05, 3.63) is 23.8 Å². The molecule has 0 aliphatic heterocycles. The zero-order valence-corrected chi connectivity index (χ0v) is 18.9. The van der Waals surface area contributed by atoms with Crippen molar-refractivity contribution in [1.82, 2.24) is 0 Å². The van der Waals surface area contributed by atoms with Gasteiger partial charge in [0.1, 0.15) is 0 Å². The number of rotatable bonds is 10. The van der Waals surface area contributed by atoms with Gasteiger partial charge in [-0.3, -0.25) is 0 Å². The maximum absolute atomic E-state index is 14.2. The molecule has 0 radical (unpaired) electrons. The summed E-state index contributed by atoms with van der Waals surface area (Å²) in [5, 5.41) is 0. The molecule has 0 heterocycles. The van der Waals surface area contributed by atoms with E-state index in [1.807, 2.05) is 0 Å². The van der Waals surface area contributed by atoms with Gasteiger partial charge in [-0.15, -0.1) is 0 Å². The van der Waals surface area contributed by atoms with Crippen LogP contribution >= 0.6 is 0 Å². The van der Waals surface area contributed by atoms with Crippen LogP contribution in [0.3, 0.4) is 0 Å². The molecule has 0 spiro atoms. The van der Waals surface area contributed by atoms with E-state index in [0.717, 1.165) is 30.6 Å². The Morgan fingerprint density at radius 1 is 0.733 bits per heavy atom. The molecule has 3 rings (SSSR count). The van der Waals surface area contributed by atoms with Gasteiger partial charge < -0.3 is 9.47 Å². The van der Waals surface area contributed by atoms with Crippen LogP contribution in [0.5, 0.6) is 11.5 Å². The van der Waals surface area contributed by atoms with Crippen LogP contribution in [0.15, 0.2) is 12.1 Å². The predicted octanol–water partition coefficient (Wildman–Crippen LogP) is 7.94. The normalized spacial score (nSPS) is 27.1. The third-order valence-corrected chi connectivity index (χ3v) is 7.45. The van der Waals surface area contributed by atoms with Gasteiger partial charge in [-0.25, -0.2) is 0 Å². The van der Waals surface area contributed by atoms with Crippen LogP contribution < -0.4 is 9.47 Å². The van der Waals surface area contributed by atoms with Crippen molar-refractivity contribution in [3.63, 3.8) is 0 Å². The molecule has 4 heteroatoms. The van der Waals surface area contributed by atoms with E-state index in [0.29, 0.717) is 19.1 Å². The lowest BCUT2D eigenvalue weighted by molar-refractivity contribution is 0.120. The fraction of sp³-hybridized carbons (Fsp3) is 0.769. The van der Waals surface area contributed by atoms with Gasteiger partial charge in [0.05, 0.1) is 13.2 Å². The molecular weight excluding hydrogens is 382 g/mol. The van der Waals surface area contributed by atoms with E-state index in [1.165, 1.54) is 76.3 Å². The number of ether oxygens (including phenoxy) is 2. The molecule has 0 saturated heterocycles. The Hall–Kier alpha value is -1.32. The van der Waals surface area contributed by atoms with Crippen molar-refractivity contribution in [2.24, 2.45) is 23.7 Å². The summed E-state index contributed by atoms with van der Waals surface area (Å²) in [7, 11) is 0. The average molecular weight is 423 g/mol. The van der Waals surface area contributed by atoms with E-state index in [9.17, 15) is 8.78 Å². The molecule has 2 saturated carbocycles. The highest BCUT2D eigenvalue weighted by Crippen LogP contribution is 2.42. The van der Waals surface area contributed by atoms with E-state index < -0.39 is 11.6 Å². The minimum atomic E-state index is -0.955. The summed E-state index contributed by atoms with van der Waals surface area (Å²) in [5.41, 5.74) is 0. The molecule has 1 aromatic carbocycles. The fourth-order valence-electron chi connectivity index (χ4n) is 5.56. The predicted molar refractivity (Wildman–Crippen MR) is 118 cm³/mol. The second kappa shape index (κ2) is 11.9. The van der Waals surface area contributed by atoms with Crippen molar-refractivity contribution in [1.29, 1.82) is 0 Å². The average Bonchev–Trinajstić information content (AvgIpc) is 2.78. The van der Waals surface area contributed by atoms with Crippen molar-refractivity contribution in [2.75, 3.05) is 13.2 Å². The fourth-order valence-corrected chi connectivity index (χ4v) is 5.56. The van der Waals surface area contributed by atoms with Gasteiger partial charge in [-0.05, 0) is 81.3 Å². The zero-order valence-electron chi connectivity index (χ0n) is 18.9. The first kappa shape index (κ1) is 23.3. The van der Waals surface area contributed by atoms with Crippen LogP contribution in [-0.4, -0.2) is 13.2 Å². The lowest BCUT2D eigenvalue weighted by atomic mass is 9.69. The van der Waals surface area contributed by atoms with E-state index in [1.54, 1.807) is 6.92 Å². The highest BCUT2D eigenvalue weighted by molar-refractivity contribution is 5.35. The smallest absolute Gasteiger partial charge is 0.204 e. The van der Waals surface area contributed by atoms with E-state index in [-0.39, 0.29) is 11.5 Å². The SMILES string of the molecule is CCCCC[C@H]1CC[C@H]([C@H]2CC[C@H](COc3ccc(OCC)c(F)c3F)CC2)CC1. The summed E-state index contributed by atoms with van der Waals surface area (Å²) >= 11 is 0. The lowest BCUT2D eigenvalue weighted by Gasteiger charge is -2.38. The Kier molecular flexibility index (Phi) is 9.27. The molecule has 2 fully saturated rings. The number of unbranched alkanes of at least 4 members (excludes halogenated alkanes) is 2. The lowest BCUT2D eigenvalue weighted by Crippen LogP contribution is -2.27. The van der Waals surface area contributed by atoms with Gasteiger partial charge in [-0.2, -0.15) is 8.78 Å². The van der Waals surface area contributed by atoms with Crippen LogP contribution in [-0.2, 0) is 0 Å². The van der Waals surface area contributed by atoms with E-state index in [4.69, 9.17) is 9.47 Å². The Morgan fingerprint density at radius 2 is 1.27 bits per heavy atom. The quantitative estimate of drug-likeness (QED) is 0.356. The molecule has 2 aliphatic rings. The summed E-state index contributed by atoms with van der Waals surface area (Å²) < 4.78 is 39.0. The van der Waals surface area contributed by atoms with Crippen LogP contribution in [0, 0.1) is 35.3 Å². The molecular formula is C26H40F2O2. The highest BCUT2D eigenvalue weighted by Gasteiger charge is 2.31. The Labute approximate surface area is 181 Å². The Morgan fingerprint density at radius 3 is 1.80 bits per heavy atom.